The Morgan fingerprint density at radius 3 is 2.55 bits per heavy atom. The van der Waals surface area contributed by atoms with Gasteiger partial charge in [0.25, 0.3) is 5.91 Å². The molecule has 1 spiro atoms. The summed E-state index contributed by atoms with van der Waals surface area (Å²) in [5.74, 6) is 3.40. The van der Waals surface area contributed by atoms with Crippen molar-refractivity contribution in [1.29, 1.82) is 0 Å². The zero-order valence-electron chi connectivity index (χ0n) is 27.3. The Morgan fingerprint density at radius 1 is 1.09 bits per heavy atom. The minimum Gasteiger partial charge on any atom is -0.494 e. The predicted octanol–water partition coefficient (Wildman–Crippen LogP) is 3.99. The standard InChI is InChI=1S/C35H42N8O4/c1-39-19-35(47-34(39)45)10-12-41(13-11-35)28-9-7-21-15-26(42(31(21)38-28)17-20-4-5-20)32-37-24-14-23(16-27(46-3)30(24)40(32)2)33(44)43-18-22-6-8-25(43)29(22)36/h7,9,14-16,20,22,25,29H,4-6,8,10-13,17-19,36H2,1-3H3/t22?,25?,29-/m1/s1. The molecule has 2 aliphatic carbocycles. The van der Waals surface area contributed by atoms with Crippen molar-refractivity contribution in [2.24, 2.45) is 24.6 Å². The number of amides is 2. The van der Waals surface area contributed by atoms with E-state index in [0.717, 1.165) is 91.3 Å². The molecular formula is C35H42N8O4. The highest BCUT2D eigenvalue weighted by molar-refractivity contribution is 6.00. The number of ether oxygens (including phenoxy) is 2. The average Bonchev–Trinajstić information content (AvgIpc) is 3.28. The van der Waals surface area contributed by atoms with E-state index in [1.807, 2.05) is 24.1 Å². The van der Waals surface area contributed by atoms with Crippen LogP contribution in [0.2, 0.25) is 0 Å². The fourth-order valence-corrected chi connectivity index (χ4v) is 8.68. The summed E-state index contributed by atoms with van der Waals surface area (Å²) < 4.78 is 16.1. The Labute approximate surface area is 273 Å². The van der Waals surface area contributed by atoms with Crippen LogP contribution in [0.4, 0.5) is 10.6 Å². The fraction of sp³-hybridized carbons (Fsp3) is 0.543. The summed E-state index contributed by atoms with van der Waals surface area (Å²) in [4.78, 5) is 42.2. The molecule has 0 radical (unpaired) electrons. The Bertz CT molecular complexity index is 1940. The first kappa shape index (κ1) is 28.9. The van der Waals surface area contributed by atoms with Crippen molar-refractivity contribution in [2.75, 3.05) is 45.2 Å². The summed E-state index contributed by atoms with van der Waals surface area (Å²) in [5.41, 5.74) is 10.2. The molecule has 4 aromatic rings. The number of fused-ring (bicyclic) bond motifs is 4. The molecule has 5 aliphatic rings. The van der Waals surface area contributed by atoms with E-state index in [9.17, 15) is 9.59 Å². The second-order valence-corrected chi connectivity index (χ2v) is 14.5. The highest BCUT2D eigenvalue weighted by Crippen LogP contribution is 2.41. The number of nitrogens with two attached hydrogens (primary N) is 1. The smallest absolute Gasteiger partial charge is 0.410 e. The van der Waals surface area contributed by atoms with Crippen molar-refractivity contribution in [3.05, 3.63) is 35.9 Å². The van der Waals surface area contributed by atoms with Gasteiger partial charge in [-0.1, -0.05) is 0 Å². The van der Waals surface area contributed by atoms with Gasteiger partial charge in [0.15, 0.2) is 5.82 Å². The number of pyridine rings is 1. The van der Waals surface area contributed by atoms with E-state index in [1.54, 1.807) is 19.1 Å². The van der Waals surface area contributed by atoms with E-state index in [2.05, 4.69) is 32.2 Å². The third-order valence-electron chi connectivity index (χ3n) is 11.6. The lowest BCUT2D eigenvalue weighted by Gasteiger charge is -2.37. The van der Waals surface area contributed by atoms with Crippen LogP contribution in [0, 0.1) is 11.8 Å². The van der Waals surface area contributed by atoms with Crippen LogP contribution in [0.1, 0.15) is 48.9 Å². The van der Waals surface area contributed by atoms with Crippen LogP contribution < -0.4 is 15.4 Å². The number of methoxy groups -OCH3 is 1. The van der Waals surface area contributed by atoms with E-state index in [0.29, 0.717) is 29.7 Å². The number of aromatic nitrogens is 4. The molecule has 2 saturated carbocycles. The van der Waals surface area contributed by atoms with Gasteiger partial charge in [0.1, 0.15) is 28.3 Å². The number of hydrogen-bond acceptors (Lipinski definition) is 8. The number of anilines is 1. The first-order valence-corrected chi connectivity index (χ1v) is 17.0. The number of nitrogens with zero attached hydrogens (tertiary/aromatic N) is 7. The van der Waals surface area contributed by atoms with Gasteiger partial charge in [-0.15, -0.1) is 0 Å². The molecule has 12 nitrogen and oxygen atoms in total. The molecule has 9 rings (SSSR count). The molecule has 2 unspecified atom stereocenters. The monoisotopic (exact) mass is 638 g/mol. The van der Waals surface area contributed by atoms with Gasteiger partial charge >= 0.3 is 6.09 Å². The minimum atomic E-state index is -0.390. The van der Waals surface area contributed by atoms with Crippen LogP contribution in [0.5, 0.6) is 5.75 Å². The Hall–Kier alpha value is -4.32. The molecule has 5 fully saturated rings. The Kier molecular flexibility index (Phi) is 6.35. The summed E-state index contributed by atoms with van der Waals surface area (Å²) in [7, 11) is 5.47. The minimum absolute atomic E-state index is 0.00127. The van der Waals surface area contributed by atoms with Crippen LogP contribution in [0.25, 0.3) is 33.6 Å². The first-order valence-electron chi connectivity index (χ1n) is 17.0. The highest BCUT2D eigenvalue weighted by atomic mass is 16.6. The largest absolute Gasteiger partial charge is 0.494 e. The third-order valence-corrected chi connectivity index (χ3v) is 11.6. The molecule has 3 aromatic heterocycles. The Morgan fingerprint density at radius 2 is 1.89 bits per heavy atom. The zero-order chi connectivity index (χ0) is 32.2. The van der Waals surface area contributed by atoms with Gasteiger partial charge in [0.05, 0.1) is 24.9 Å². The Balaban J connectivity index is 1.07. The SMILES string of the molecule is COc1cc(C(=O)N2CC3CCC2[C@@H]3N)cc2nc(-c3cc4ccc(N5CCC6(CC5)CN(C)C(=O)O6)nc4n3CC3CC3)n(C)c12. The van der Waals surface area contributed by atoms with Crippen molar-refractivity contribution in [3.8, 4) is 17.3 Å². The summed E-state index contributed by atoms with van der Waals surface area (Å²) >= 11 is 0. The number of likely N-dealkylation sites (N-methyl/N-ethyl adjacent to an activating group) is 1. The number of hydrogen-bond donors (Lipinski definition) is 1. The molecule has 246 valence electrons. The van der Waals surface area contributed by atoms with Crippen molar-refractivity contribution in [1.82, 2.24) is 28.9 Å². The van der Waals surface area contributed by atoms with Crippen molar-refractivity contribution >= 4 is 39.9 Å². The molecule has 6 heterocycles. The van der Waals surface area contributed by atoms with E-state index in [1.165, 1.54) is 12.8 Å². The van der Waals surface area contributed by atoms with Crippen molar-refractivity contribution in [3.63, 3.8) is 0 Å². The van der Waals surface area contributed by atoms with Gasteiger partial charge < -0.3 is 39.0 Å². The van der Waals surface area contributed by atoms with Crippen molar-refractivity contribution in [2.45, 2.75) is 62.8 Å². The molecule has 12 heteroatoms. The normalized spacial score (nSPS) is 25.1. The van der Waals surface area contributed by atoms with Gasteiger partial charge in [-0.3, -0.25) is 4.79 Å². The van der Waals surface area contributed by atoms with Crippen LogP contribution >= 0.6 is 0 Å². The van der Waals surface area contributed by atoms with Gasteiger partial charge in [-0.05, 0) is 67.9 Å². The van der Waals surface area contributed by atoms with Gasteiger partial charge in [0.2, 0.25) is 0 Å². The zero-order valence-corrected chi connectivity index (χ0v) is 27.3. The van der Waals surface area contributed by atoms with E-state index in [4.69, 9.17) is 25.2 Å². The fourth-order valence-electron chi connectivity index (χ4n) is 8.68. The lowest BCUT2D eigenvalue weighted by molar-refractivity contribution is 0.0365. The van der Waals surface area contributed by atoms with Crippen LogP contribution in [0.3, 0.4) is 0 Å². The van der Waals surface area contributed by atoms with Crippen LogP contribution in [-0.2, 0) is 18.3 Å². The van der Waals surface area contributed by atoms with Gasteiger partial charge in [-0.2, -0.15) is 0 Å². The third kappa shape index (κ3) is 4.51. The summed E-state index contributed by atoms with van der Waals surface area (Å²) in [6.45, 7) is 3.81. The number of likely N-dealkylation sites (tertiary alicyclic amines) is 1. The molecule has 47 heavy (non-hydrogen) atoms. The lowest BCUT2D eigenvalue weighted by Crippen LogP contribution is -2.47. The average molecular weight is 639 g/mol. The van der Waals surface area contributed by atoms with Gasteiger partial charge in [0, 0.05) is 76.1 Å². The van der Waals surface area contributed by atoms with Crippen molar-refractivity contribution < 1.29 is 19.1 Å². The second-order valence-electron chi connectivity index (χ2n) is 14.5. The number of imidazole rings is 1. The molecule has 2 N–H and O–H groups in total. The second kappa shape index (κ2) is 10.3. The van der Waals surface area contributed by atoms with E-state index >= 15 is 0 Å². The molecule has 3 aliphatic heterocycles. The van der Waals surface area contributed by atoms with Crippen LogP contribution in [-0.4, -0.2) is 98.9 Å². The molecule has 3 saturated heterocycles. The van der Waals surface area contributed by atoms with E-state index in [-0.39, 0.29) is 24.1 Å². The number of carbonyl (C=O) groups excluding carboxylic acids is 2. The number of aryl methyl sites for hydroxylation is 1. The quantitative estimate of drug-likeness (QED) is 0.336. The maximum Gasteiger partial charge on any atom is 0.410 e. The highest BCUT2D eigenvalue weighted by Gasteiger charge is 2.47. The van der Waals surface area contributed by atoms with Crippen LogP contribution in [0.15, 0.2) is 30.3 Å². The maximum atomic E-state index is 13.8. The molecule has 2 bridgehead atoms. The first-order chi connectivity index (χ1) is 22.7. The summed E-state index contributed by atoms with van der Waals surface area (Å²) in [6, 6.07) is 10.4. The predicted molar refractivity (Wildman–Crippen MR) is 178 cm³/mol. The summed E-state index contributed by atoms with van der Waals surface area (Å²) in [6.07, 6.45) is 5.84. The number of benzene rings is 1. The molecule has 3 atom stereocenters. The van der Waals surface area contributed by atoms with E-state index < -0.39 is 5.60 Å². The number of piperidine rings is 2. The number of rotatable bonds is 6. The topological polar surface area (TPSA) is 124 Å². The molecular weight excluding hydrogens is 596 g/mol. The maximum absolute atomic E-state index is 13.8. The molecule has 2 amide bonds. The lowest BCUT2D eigenvalue weighted by atomic mass is 9.91. The summed E-state index contributed by atoms with van der Waals surface area (Å²) in [5, 5.41) is 1.07. The van der Waals surface area contributed by atoms with Gasteiger partial charge in [-0.25, -0.2) is 14.8 Å². The number of carbonyl (C=O) groups is 2. The molecule has 1 aromatic carbocycles.